The van der Waals surface area contributed by atoms with Gasteiger partial charge in [-0.2, -0.15) is 13.2 Å². The van der Waals surface area contributed by atoms with E-state index in [0.29, 0.717) is 25.0 Å². The van der Waals surface area contributed by atoms with Crippen LogP contribution in [0.3, 0.4) is 0 Å². The standard InChI is InChI=1S/C12H13F4NO/c13-8-5-4-7(12(14,15)16)9(11(8)18)10(17)6-2-1-3-6/h4-6,10,18H,1-3,17H2/t10-/m0/s1. The van der Waals surface area contributed by atoms with E-state index in [1.54, 1.807) is 0 Å². The number of phenolic OH excluding ortho intramolecular Hbond substituents is 1. The van der Waals surface area contributed by atoms with Gasteiger partial charge < -0.3 is 10.8 Å². The number of benzene rings is 1. The van der Waals surface area contributed by atoms with E-state index in [-0.39, 0.29) is 5.92 Å². The van der Waals surface area contributed by atoms with Crippen LogP contribution < -0.4 is 5.73 Å². The lowest BCUT2D eigenvalue weighted by atomic mass is 9.76. The van der Waals surface area contributed by atoms with Gasteiger partial charge in [-0.1, -0.05) is 6.42 Å². The Morgan fingerprint density at radius 2 is 1.89 bits per heavy atom. The van der Waals surface area contributed by atoms with E-state index in [4.69, 9.17) is 5.73 Å². The minimum Gasteiger partial charge on any atom is -0.505 e. The van der Waals surface area contributed by atoms with E-state index in [1.165, 1.54) is 0 Å². The van der Waals surface area contributed by atoms with Crippen molar-refractivity contribution in [3.05, 3.63) is 29.1 Å². The molecule has 2 rings (SSSR count). The summed E-state index contributed by atoms with van der Waals surface area (Å²) in [5.41, 5.74) is 4.16. The quantitative estimate of drug-likeness (QED) is 0.804. The van der Waals surface area contributed by atoms with E-state index < -0.39 is 34.9 Å². The van der Waals surface area contributed by atoms with Crippen LogP contribution in [0.2, 0.25) is 0 Å². The zero-order valence-electron chi connectivity index (χ0n) is 9.47. The summed E-state index contributed by atoms with van der Waals surface area (Å²) in [6.45, 7) is 0. The van der Waals surface area contributed by atoms with Gasteiger partial charge >= 0.3 is 6.18 Å². The summed E-state index contributed by atoms with van der Waals surface area (Å²) >= 11 is 0. The van der Waals surface area contributed by atoms with Crippen LogP contribution in [0.15, 0.2) is 12.1 Å². The predicted octanol–water partition coefficient (Wildman–Crippen LogP) is 3.35. The highest BCUT2D eigenvalue weighted by Gasteiger charge is 2.39. The number of rotatable bonds is 2. The summed E-state index contributed by atoms with van der Waals surface area (Å²) in [6.07, 6.45) is -2.35. The molecule has 0 unspecified atom stereocenters. The smallest absolute Gasteiger partial charge is 0.416 e. The molecule has 1 aliphatic rings. The maximum atomic E-state index is 13.2. The third-order valence-electron chi connectivity index (χ3n) is 3.46. The molecule has 3 N–H and O–H groups in total. The highest BCUT2D eigenvalue weighted by molar-refractivity contribution is 5.44. The van der Waals surface area contributed by atoms with Crippen LogP contribution in [0.5, 0.6) is 5.75 Å². The second-order valence-electron chi connectivity index (χ2n) is 4.57. The number of aromatic hydroxyl groups is 1. The third-order valence-corrected chi connectivity index (χ3v) is 3.46. The number of alkyl halides is 3. The number of halogens is 4. The van der Waals surface area contributed by atoms with Crippen LogP contribution in [-0.4, -0.2) is 5.11 Å². The molecule has 0 saturated heterocycles. The zero-order valence-corrected chi connectivity index (χ0v) is 9.47. The minimum atomic E-state index is -4.65. The molecule has 0 aliphatic heterocycles. The van der Waals surface area contributed by atoms with E-state index >= 15 is 0 Å². The molecule has 0 spiro atoms. The molecule has 2 nitrogen and oxygen atoms in total. The first-order valence-corrected chi connectivity index (χ1v) is 5.66. The number of hydrogen-bond acceptors (Lipinski definition) is 2. The molecule has 1 saturated carbocycles. The Bertz CT molecular complexity index is 454. The van der Waals surface area contributed by atoms with Crippen LogP contribution in [-0.2, 0) is 6.18 Å². The van der Waals surface area contributed by atoms with Crippen molar-refractivity contribution in [2.75, 3.05) is 0 Å². The van der Waals surface area contributed by atoms with Crippen molar-refractivity contribution >= 4 is 0 Å². The molecular formula is C12H13F4NO. The van der Waals surface area contributed by atoms with Crippen molar-refractivity contribution in [3.63, 3.8) is 0 Å². The van der Waals surface area contributed by atoms with E-state index in [0.717, 1.165) is 6.42 Å². The second kappa shape index (κ2) is 4.42. The lowest BCUT2D eigenvalue weighted by Gasteiger charge is -2.33. The molecule has 0 heterocycles. The van der Waals surface area contributed by atoms with Crippen LogP contribution in [0.4, 0.5) is 17.6 Å². The topological polar surface area (TPSA) is 46.2 Å². The highest BCUT2D eigenvalue weighted by atomic mass is 19.4. The highest BCUT2D eigenvalue weighted by Crippen LogP contribution is 2.45. The lowest BCUT2D eigenvalue weighted by Crippen LogP contribution is -2.29. The molecule has 6 heteroatoms. The molecule has 100 valence electrons. The maximum Gasteiger partial charge on any atom is 0.416 e. The first-order valence-electron chi connectivity index (χ1n) is 5.66. The van der Waals surface area contributed by atoms with Crippen LogP contribution in [0.1, 0.15) is 36.4 Å². The predicted molar refractivity (Wildman–Crippen MR) is 57.3 cm³/mol. The van der Waals surface area contributed by atoms with Crippen molar-refractivity contribution in [1.82, 2.24) is 0 Å². The average Bonchev–Trinajstić information content (AvgIpc) is 2.17. The van der Waals surface area contributed by atoms with Gasteiger partial charge in [-0.25, -0.2) is 4.39 Å². The number of nitrogens with two attached hydrogens (primary N) is 1. The Balaban J connectivity index is 2.50. The average molecular weight is 263 g/mol. The van der Waals surface area contributed by atoms with Crippen molar-refractivity contribution < 1.29 is 22.7 Å². The molecule has 0 aromatic heterocycles. The van der Waals surface area contributed by atoms with Crippen LogP contribution in [0.25, 0.3) is 0 Å². The van der Waals surface area contributed by atoms with Gasteiger partial charge in [0.25, 0.3) is 0 Å². The van der Waals surface area contributed by atoms with Gasteiger partial charge in [0.15, 0.2) is 11.6 Å². The molecule has 0 amide bonds. The fraction of sp³-hybridized carbons (Fsp3) is 0.500. The first-order chi connectivity index (χ1) is 8.32. The van der Waals surface area contributed by atoms with Crippen molar-refractivity contribution in [1.29, 1.82) is 0 Å². The largest absolute Gasteiger partial charge is 0.505 e. The minimum absolute atomic E-state index is 0.126. The molecule has 1 aliphatic carbocycles. The summed E-state index contributed by atoms with van der Waals surface area (Å²) in [7, 11) is 0. The molecule has 0 bridgehead atoms. The summed E-state index contributed by atoms with van der Waals surface area (Å²) < 4.78 is 51.7. The fourth-order valence-corrected chi connectivity index (χ4v) is 2.20. The summed E-state index contributed by atoms with van der Waals surface area (Å²) in [6, 6.07) is 0.254. The van der Waals surface area contributed by atoms with Gasteiger partial charge in [0, 0.05) is 11.6 Å². The van der Waals surface area contributed by atoms with Gasteiger partial charge in [0.2, 0.25) is 0 Å². The van der Waals surface area contributed by atoms with E-state index in [1.807, 2.05) is 0 Å². The second-order valence-corrected chi connectivity index (χ2v) is 4.57. The summed E-state index contributed by atoms with van der Waals surface area (Å²) in [4.78, 5) is 0. The number of phenols is 1. The molecular weight excluding hydrogens is 250 g/mol. The van der Waals surface area contributed by atoms with Gasteiger partial charge in [0.1, 0.15) is 0 Å². The molecule has 1 atom stereocenters. The summed E-state index contributed by atoms with van der Waals surface area (Å²) in [5, 5.41) is 9.53. The van der Waals surface area contributed by atoms with E-state index in [2.05, 4.69) is 0 Å². The van der Waals surface area contributed by atoms with Crippen molar-refractivity contribution in [3.8, 4) is 5.75 Å². The van der Waals surface area contributed by atoms with Gasteiger partial charge in [0.05, 0.1) is 5.56 Å². The van der Waals surface area contributed by atoms with Crippen molar-refractivity contribution in [2.45, 2.75) is 31.5 Å². The monoisotopic (exact) mass is 263 g/mol. The SMILES string of the molecule is N[C@H](c1c(C(F)(F)F)ccc(F)c1O)C1CCC1. The molecule has 0 radical (unpaired) electrons. The van der Waals surface area contributed by atoms with Gasteiger partial charge in [-0.3, -0.25) is 0 Å². The zero-order chi connectivity index (χ0) is 13.5. The van der Waals surface area contributed by atoms with Crippen LogP contribution in [0, 0.1) is 11.7 Å². The Kier molecular flexibility index (Phi) is 3.23. The summed E-state index contributed by atoms with van der Waals surface area (Å²) in [5.74, 6) is -2.18. The van der Waals surface area contributed by atoms with Crippen LogP contribution >= 0.6 is 0 Å². The Hall–Kier alpha value is -1.30. The molecule has 1 fully saturated rings. The van der Waals surface area contributed by atoms with Gasteiger partial charge in [-0.15, -0.1) is 0 Å². The Morgan fingerprint density at radius 3 is 2.33 bits per heavy atom. The fourth-order valence-electron chi connectivity index (χ4n) is 2.20. The molecule has 1 aromatic carbocycles. The number of hydrogen-bond donors (Lipinski definition) is 2. The van der Waals surface area contributed by atoms with E-state index in [9.17, 15) is 22.7 Å². The third kappa shape index (κ3) is 2.16. The Labute approximate surface area is 101 Å². The maximum absolute atomic E-state index is 13.2. The van der Waals surface area contributed by atoms with Gasteiger partial charge in [-0.05, 0) is 30.9 Å². The lowest BCUT2D eigenvalue weighted by molar-refractivity contribution is -0.138. The Morgan fingerprint density at radius 1 is 1.28 bits per heavy atom. The first kappa shape index (κ1) is 13.1. The normalized spacial score (nSPS) is 18.5. The molecule has 18 heavy (non-hydrogen) atoms. The van der Waals surface area contributed by atoms with Crippen molar-refractivity contribution in [2.24, 2.45) is 11.7 Å². The molecule has 1 aromatic rings.